The molecule has 4 rings (SSSR count). The van der Waals surface area contributed by atoms with Crippen LogP contribution < -0.4 is 14.8 Å². The number of amides is 1. The minimum absolute atomic E-state index is 0.126. The molecule has 3 N–H and O–H groups in total. The van der Waals surface area contributed by atoms with Crippen molar-refractivity contribution in [2.75, 3.05) is 33.9 Å². The molecule has 1 heterocycles. The van der Waals surface area contributed by atoms with Gasteiger partial charge in [0.25, 0.3) is 0 Å². The van der Waals surface area contributed by atoms with Gasteiger partial charge in [-0.15, -0.1) is 0 Å². The van der Waals surface area contributed by atoms with Crippen LogP contribution in [0.4, 0.5) is 4.79 Å². The standard InChI is InChI=1S/C28H36N2O6/c1-28(2,3)36-27(33)29-7-9-30-8-6-19-22-12-25(34-4)17(15-31)10-20(22)21-11-18(16-32)26(35-5)13-23(21)24(19)14-30/h10-13,31-32H,6-9,14-16H2,1-5H3,(H,29,33). The molecule has 0 aromatic heterocycles. The van der Waals surface area contributed by atoms with Crippen LogP contribution in [0.25, 0.3) is 21.5 Å². The van der Waals surface area contributed by atoms with Crippen molar-refractivity contribution in [1.82, 2.24) is 10.2 Å². The van der Waals surface area contributed by atoms with Gasteiger partial charge in [-0.2, -0.15) is 0 Å². The third-order valence-corrected chi connectivity index (χ3v) is 6.64. The van der Waals surface area contributed by atoms with Crippen LogP contribution in [-0.2, 0) is 30.9 Å². The first-order chi connectivity index (χ1) is 17.2. The highest BCUT2D eigenvalue weighted by Crippen LogP contribution is 2.41. The summed E-state index contributed by atoms with van der Waals surface area (Å²) in [5.41, 5.74) is 3.34. The van der Waals surface area contributed by atoms with Gasteiger partial charge in [0.05, 0.1) is 27.4 Å². The maximum Gasteiger partial charge on any atom is 0.407 e. The molecule has 0 spiro atoms. The number of carbonyl (C=O) groups excluding carboxylic acids is 1. The van der Waals surface area contributed by atoms with Crippen molar-refractivity contribution in [3.63, 3.8) is 0 Å². The second kappa shape index (κ2) is 10.5. The summed E-state index contributed by atoms with van der Waals surface area (Å²) < 4.78 is 16.5. The van der Waals surface area contributed by atoms with Gasteiger partial charge < -0.3 is 29.7 Å². The lowest BCUT2D eigenvalue weighted by Gasteiger charge is -2.31. The summed E-state index contributed by atoms with van der Waals surface area (Å²) in [6, 6.07) is 7.99. The van der Waals surface area contributed by atoms with E-state index in [9.17, 15) is 15.0 Å². The van der Waals surface area contributed by atoms with Crippen molar-refractivity contribution in [2.45, 2.75) is 52.6 Å². The monoisotopic (exact) mass is 496 g/mol. The average Bonchev–Trinajstić information content (AvgIpc) is 2.85. The van der Waals surface area contributed by atoms with E-state index in [1.54, 1.807) is 14.2 Å². The minimum atomic E-state index is -0.530. The van der Waals surface area contributed by atoms with Gasteiger partial charge in [-0.25, -0.2) is 4.79 Å². The molecular weight excluding hydrogens is 460 g/mol. The molecule has 1 aliphatic rings. The smallest absolute Gasteiger partial charge is 0.407 e. The predicted molar refractivity (Wildman–Crippen MR) is 140 cm³/mol. The van der Waals surface area contributed by atoms with Crippen LogP contribution in [0.2, 0.25) is 0 Å². The average molecular weight is 497 g/mol. The van der Waals surface area contributed by atoms with E-state index in [1.165, 1.54) is 11.1 Å². The molecule has 0 radical (unpaired) electrons. The molecule has 0 saturated heterocycles. The molecule has 0 bridgehead atoms. The zero-order valence-electron chi connectivity index (χ0n) is 21.7. The van der Waals surface area contributed by atoms with Crippen molar-refractivity contribution >= 4 is 27.6 Å². The number of carbonyl (C=O) groups is 1. The molecule has 1 amide bonds. The Balaban J connectivity index is 1.74. The number of hydrogen-bond donors (Lipinski definition) is 3. The van der Waals surface area contributed by atoms with Crippen molar-refractivity contribution < 1.29 is 29.2 Å². The van der Waals surface area contributed by atoms with Crippen molar-refractivity contribution in [3.05, 3.63) is 46.5 Å². The summed E-state index contributed by atoms with van der Waals surface area (Å²) in [4.78, 5) is 14.4. The van der Waals surface area contributed by atoms with E-state index in [0.717, 1.165) is 40.1 Å². The van der Waals surface area contributed by atoms with Crippen LogP contribution in [0.15, 0.2) is 24.3 Å². The SMILES string of the molecule is COc1cc2c3c(c4cc(OC)c(CO)cc4c2cc1CO)CN(CCNC(=O)OC(C)(C)C)CC3. The fourth-order valence-corrected chi connectivity index (χ4v) is 5.01. The molecule has 3 aromatic rings. The van der Waals surface area contributed by atoms with E-state index in [-0.39, 0.29) is 13.2 Å². The Morgan fingerprint density at radius 1 is 0.917 bits per heavy atom. The zero-order chi connectivity index (χ0) is 26.0. The molecule has 36 heavy (non-hydrogen) atoms. The molecule has 1 aliphatic heterocycles. The number of methoxy groups -OCH3 is 2. The van der Waals surface area contributed by atoms with Crippen LogP contribution in [0.1, 0.15) is 43.0 Å². The number of fused-ring (bicyclic) bond motifs is 6. The van der Waals surface area contributed by atoms with Crippen LogP contribution in [0.3, 0.4) is 0 Å². The topological polar surface area (TPSA) is 100 Å². The highest BCUT2D eigenvalue weighted by molar-refractivity contribution is 6.12. The second-order valence-electron chi connectivity index (χ2n) is 10.1. The van der Waals surface area contributed by atoms with E-state index < -0.39 is 11.7 Å². The number of benzene rings is 3. The quantitative estimate of drug-likeness (QED) is 0.427. The molecule has 0 fully saturated rings. The molecular formula is C28H36N2O6. The van der Waals surface area contributed by atoms with Crippen LogP contribution in [0, 0.1) is 0 Å². The van der Waals surface area contributed by atoms with E-state index in [0.29, 0.717) is 36.7 Å². The molecule has 0 saturated carbocycles. The van der Waals surface area contributed by atoms with Gasteiger partial charge in [-0.05, 0) is 84.1 Å². The first kappa shape index (κ1) is 26.0. The van der Waals surface area contributed by atoms with E-state index in [4.69, 9.17) is 14.2 Å². The van der Waals surface area contributed by atoms with Gasteiger partial charge >= 0.3 is 6.09 Å². The summed E-state index contributed by atoms with van der Waals surface area (Å²) >= 11 is 0. The number of ether oxygens (including phenoxy) is 3. The normalized spacial score (nSPS) is 14.1. The minimum Gasteiger partial charge on any atom is -0.496 e. The lowest BCUT2D eigenvalue weighted by Crippen LogP contribution is -2.39. The molecule has 194 valence electrons. The van der Waals surface area contributed by atoms with Gasteiger partial charge in [0, 0.05) is 37.3 Å². The Labute approximate surface area is 211 Å². The number of nitrogens with one attached hydrogen (secondary N) is 1. The highest BCUT2D eigenvalue weighted by atomic mass is 16.6. The third kappa shape index (κ3) is 5.21. The predicted octanol–water partition coefficient (Wildman–Crippen LogP) is 3.88. The zero-order valence-corrected chi connectivity index (χ0v) is 21.7. The van der Waals surface area contributed by atoms with Crippen molar-refractivity contribution in [1.29, 1.82) is 0 Å². The summed E-state index contributed by atoms with van der Waals surface area (Å²) in [5, 5.41) is 26.9. The van der Waals surface area contributed by atoms with Gasteiger partial charge in [0.1, 0.15) is 17.1 Å². The Hall–Kier alpha value is -3.07. The third-order valence-electron chi connectivity index (χ3n) is 6.64. The fraction of sp³-hybridized carbons (Fsp3) is 0.464. The van der Waals surface area contributed by atoms with E-state index in [2.05, 4.69) is 10.2 Å². The molecule has 0 unspecified atom stereocenters. The lowest BCUT2D eigenvalue weighted by atomic mass is 9.86. The van der Waals surface area contributed by atoms with Gasteiger partial charge in [0.2, 0.25) is 0 Å². The molecule has 3 aromatic carbocycles. The number of rotatable bonds is 7. The summed E-state index contributed by atoms with van der Waals surface area (Å²) in [7, 11) is 3.22. The lowest BCUT2D eigenvalue weighted by molar-refractivity contribution is 0.0521. The molecule has 8 nitrogen and oxygen atoms in total. The van der Waals surface area contributed by atoms with E-state index in [1.807, 2.05) is 45.0 Å². The Morgan fingerprint density at radius 3 is 1.97 bits per heavy atom. The Kier molecular flexibility index (Phi) is 7.59. The largest absolute Gasteiger partial charge is 0.496 e. The number of aliphatic hydroxyl groups is 2. The summed E-state index contributed by atoms with van der Waals surface area (Å²) in [5.74, 6) is 1.30. The summed E-state index contributed by atoms with van der Waals surface area (Å²) in [6.45, 7) is 8.01. The molecule has 0 atom stereocenters. The maximum absolute atomic E-state index is 12.0. The molecule has 8 heteroatoms. The second-order valence-corrected chi connectivity index (χ2v) is 10.1. The van der Waals surface area contributed by atoms with Gasteiger partial charge in [-0.1, -0.05) is 0 Å². The fourth-order valence-electron chi connectivity index (χ4n) is 5.01. The first-order valence-electron chi connectivity index (χ1n) is 12.2. The first-order valence-corrected chi connectivity index (χ1v) is 12.2. The number of hydrogen-bond acceptors (Lipinski definition) is 7. The molecule has 0 aliphatic carbocycles. The number of aliphatic hydroxyl groups excluding tert-OH is 2. The van der Waals surface area contributed by atoms with Crippen LogP contribution >= 0.6 is 0 Å². The Morgan fingerprint density at radius 2 is 1.47 bits per heavy atom. The van der Waals surface area contributed by atoms with Crippen LogP contribution in [-0.4, -0.2) is 60.7 Å². The number of nitrogens with zero attached hydrogens (tertiary/aromatic N) is 1. The van der Waals surface area contributed by atoms with Crippen molar-refractivity contribution in [2.24, 2.45) is 0 Å². The summed E-state index contributed by atoms with van der Waals surface area (Å²) in [6.07, 6.45) is 0.421. The van der Waals surface area contributed by atoms with Gasteiger partial charge in [-0.3, -0.25) is 4.90 Å². The van der Waals surface area contributed by atoms with Crippen LogP contribution in [0.5, 0.6) is 11.5 Å². The number of alkyl carbamates (subject to hydrolysis) is 1. The van der Waals surface area contributed by atoms with Gasteiger partial charge in [0.15, 0.2) is 0 Å². The Bertz CT molecular complexity index is 1280. The van der Waals surface area contributed by atoms with E-state index >= 15 is 0 Å². The maximum atomic E-state index is 12.0. The highest BCUT2D eigenvalue weighted by Gasteiger charge is 2.24. The van der Waals surface area contributed by atoms with Crippen molar-refractivity contribution in [3.8, 4) is 11.5 Å².